The van der Waals surface area contributed by atoms with Crippen LogP contribution in [0.5, 0.6) is 0 Å². The Hall–Kier alpha value is -0.333. The molecule has 0 aliphatic carbocycles. The smallest absolute Gasteiger partial charge is 0.0462 e. The molecular formula is C9H22NOSi. The first kappa shape index (κ1) is 17.7. The van der Waals surface area contributed by atoms with Gasteiger partial charge in [0.2, 0.25) is 0 Å². The van der Waals surface area contributed by atoms with Crippen molar-refractivity contribution in [2.45, 2.75) is 51.7 Å². The van der Waals surface area contributed by atoms with Gasteiger partial charge < -0.3 is 5.48 Å². The van der Waals surface area contributed by atoms with Gasteiger partial charge >= 0.3 is 0 Å². The van der Waals surface area contributed by atoms with Crippen LogP contribution in [-0.2, 0) is 0 Å². The summed E-state index contributed by atoms with van der Waals surface area (Å²) in [6.45, 7) is 10.6. The Morgan fingerprint density at radius 1 is 1.08 bits per heavy atom. The van der Waals surface area contributed by atoms with Gasteiger partial charge in [-0.2, -0.15) is 0 Å². The van der Waals surface area contributed by atoms with Crippen LogP contribution in [0.3, 0.4) is 0 Å². The highest BCUT2D eigenvalue weighted by atomic mass is 28.3. The number of rotatable bonds is 5. The van der Waals surface area contributed by atoms with Crippen LogP contribution in [0.4, 0.5) is 0 Å². The standard InChI is InChI=1S/C8H19Si.CHN.H2O/c1-4-5-6-7-8-9(2)3;1-2;/h4-8H2,1-3H3;1H;1H2. The van der Waals surface area contributed by atoms with E-state index in [1.807, 2.05) is 0 Å². The van der Waals surface area contributed by atoms with E-state index < -0.39 is 0 Å². The highest BCUT2D eigenvalue weighted by molar-refractivity contribution is 6.55. The van der Waals surface area contributed by atoms with Gasteiger partial charge in [0.25, 0.3) is 0 Å². The van der Waals surface area contributed by atoms with E-state index in [-0.39, 0.29) is 14.3 Å². The first-order valence-corrected chi connectivity index (χ1v) is 7.03. The summed E-state index contributed by atoms with van der Waals surface area (Å²) in [6.07, 6.45) is 5.76. The van der Waals surface area contributed by atoms with Crippen molar-refractivity contribution in [1.29, 1.82) is 5.26 Å². The van der Waals surface area contributed by atoms with Gasteiger partial charge in [-0.25, -0.2) is 5.26 Å². The second kappa shape index (κ2) is 17.0. The maximum absolute atomic E-state index is 6.50. The Bertz CT molecular complexity index is 83.8. The quantitative estimate of drug-likeness (QED) is 0.483. The summed E-state index contributed by atoms with van der Waals surface area (Å²) in [5, 5.41) is 6.50. The van der Waals surface area contributed by atoms with Gasteiger partial charge in [0.15, 0.2) is 0 Å². The van der Waals surface area contributed by atoms with Crippen LogP contribution in [0.1, 0.15) is 32.6 Å². The third-order valence-corrected chi connectivity index (χ3v) is 2.88. The van der Waals surface area contributed by atoms with Gasteiger partial charge in [0.05, 0.1) is 0 Å². The number of unbranched alkanes of at least 4 members (excludes halogenated alkanes) is 3. The van der Waals surface area contributed by atoms with E-state index >= 15 is 0 Å². The molecule has 73 valence electrons. The molecule has 2 N–H and O–H groups in total. The molecule has 0 amide bonds. The van der Waals surface area contributed by atoms with Crippen LogP contribution in [0.15, 0.2) is 0 Å². The minimum absolute atomic E-state index is 0. The monoisotopic (exact) mass is 188 g/mol. The minimum atomic E-state index is 0. The predicted molar refractivity (Wildman–Crippen MR) is 56.7 cm³/mol. The van der Waals surface area contributed by atoms with Gasteiger partial charge in [-0.1, -0.05) is 51.7 Å². The normalized spacial score (nSPS) is 8.17. The van der Waals surface area contributed by atoms with Gasteiger partial charge in [-0.05, 0) is 0 Å². The topological polar surface area (TPSA) is 55.3 Å². The molecule has 0 fully saturated rings. The zero-order valence-electron chi connectivity index (χ0n) is 8.56. The van der Waals surface area contributed by atoms with Crippen LogP contribution in [0.25, 0.3) is 0 Å². The van der Waals surface area contributed by atoms with Crippen LogP contribution < -0.4 is 0 Å². The summed E-state index contributed by atoms with van der Waals surface area (Å²) in [5.74, 6) is 0. The van der Waals surface area contributed by atoms with Crippen molar-refractivity contribution in [2.75, 3.05) is 0 Å². The third kappa shape index (κ3) is 22.6. The molecule has 0 heterocycles. The zero-order chi connectivity index (χ0) is 9.11. The summed E-state index contributed by atoms with van der Waals surface area (Å²) in [7, 11) is 0.0849. The first-order valence-electron chi connectivity index (χ1n) is 4.32. The molecule has 0 aliphatic heterocycles. The summed E-state index contributed by atoms with van der Waals surface area (Å²) in [5.41, 5.74) is 0. The molecule has 1 radical (unpaired) electrons. The van der Waals surface area contributed by atoms with E-state index in [1.165, 1.54) is 31.7 Å². The van der Waals surface area contributed by atoms with Crippen molar-refractivity contribution in [2.24, 2.45) is 0 Å². The van der Waals surface area contributed by atoms with E-state index in [0.29, 0.717) is 0 Å². The molecular weight excluding hydrogens is 166 g/mol. The average molecular weight is 188 g/mol. The number of nitrogens with zero attached hydrogens (tertiary/aromatic N) is 1. The van der Waals surface area contributed by atoms with Gasteiger partial charge in [-0.15, -0.1) is 0 Å². The summed E-state index contributed by atoms with van der Waals surface area (Å²) >= 11 is 0. The second-order valence-corrected chi connectivity index (χ2v) is 5.93. The van der Waals surface area contributed by atoms with Gasteiger partial charge in [0, 0.05) is 15.4 Å². The van der Waals surface area contributed by atoms with E-state index in [0.717, 1.165) is 0 Å². The van der Waals surface area contributed by atoms with E-state index in [9.17, 15) is 0 Å². The highest BCUT2D eigenvalue weighted by Crippen LogP contribution is 2.05. The maximum Gasteiger partial charge on any atom is 0.0462 e. The summed E-state index contributed by atoms with van der Waals surface area (Å²) in [6, 6.07) is 1.52. The Labute approximate surface area is 78.5 Å². The van der Waals surface area contributed by atoms with E-state index in [2.05, 4.69) is 26.6 Å². The Morgan fingerprint density at radius 3 is 1.92 bits per heavy atom. The largest absolute Gasteiger partial charge is 0.412 e. The third-order valence-electron chi connectivity index (χ3n) is 1.53. The lowest BCUT2D eigenvalue weighted by Gasteiger charge is -2.00. The minimum Gasteiger partial charge on any atom is -0.412 e. The van der Waals surface area contributed by atoms with Crippen LogP contribution in [0, 0.1) is 11.8 Å². The molecule has 0 aromatic heterocycles. The van der Waals surface area contributed by atoms with Crippen molar-refractivity contribution in [3.63, 3.8) is 0 Å². The predicted octanol–water partition coefficient (Wildman–Crippen LogP) is 2.64. The molecule has 0 rings (SSSR count). The zero-order valence-corrected chi connectivity index (χ0v) is 9.56. The Balaban J connectivity index is -0.000000249. The van der Waals surface area contributed by atoms with Crippen LogP contribution in [0.2, 0.25) is 19.1 Å². The molecule has 3 heteroatoms. The molecule has 0 aliphatic rings. The highest BCUT2D eigenvalue weighted by Gasteiger charge is 1.93. The van der Waals surface area contributed by atoms with Crippen LogP contribution >= 0.6 is 0 Å². The SMILES string of the molecule is C#N.CCCCCC[Si](C)C.O. The number of hydrogen-bond donors (Lipinski definition) is 0. The Morgan fingerprint density at radius 2 is 1.58 bits per heavy atom. The second-order valence-electron chi connectivity index (χ2n) is 3.02. The molecule has 0 unspecified atom stereocenters. The van der Waals surface area contributed by atoms with Crippen molar-refractivity contribution in [3.8, 4) is 6.57 Å². The Kier molecular flexibility index (Phi) is 25.0. The molecule has 0 atom stereocenters. The summed E-state index contributed by atoms with van der Waals surface area (Å²) < 4.78 is 0. The first-order chi connectivity index (χ1) is 5.27. The van der Waals surface area contributed by atoms with Crippen molar-refractivity contribution in [1.82, 2.24) is 0 Å². The molecule has 2 nitrogen and oxygen atoms in total. The fraction of sp³-hybridized carbons (Fsp3) is 0.889. The molecule has 0 aromatic rings. The molecule has 0 saturated heterocycles. The van der Waals surface area contributed by atoms with E-state index in [1.54, 1.807) is 0 Å². The molecule has 0 aromatic carbocycles. The maximum atomic E-state index is 6.50. The molecule has 12 heavy (non-hydrogen) atoms. The van der Waals surface area contributed by atoms with Crippen molar-refractivity contribution < 1.29 is 5.48 Å². The molecule has 0 saturated carbocycles. The number of nitriles is 1. The molecule has 0 spiro atoms. The van der Waals surface area contributed by atoms with Gasteiger partial charge in [-0.3, -0.25) is 0 Å². The van der Waals surface area contributed by atoms with Crippen molar-refractivity contribution in [3.05, 3.63) is 0 Å². The van der Waals surface area contributed by atoms with Gasteiger partial charge in [0.1, 0.15) is 0 Å². The lowest BCUT2D eigenvalue weighted by molar-refractivity contribution is 0.699. The summed E-state index contributed by atoms with van der Waals surface area (Å²) in [4.78, 5) is 0. The van der Waals surface area contributed by atoms with E-state index in [4.69, 9.17) is 5.26 Å². The lowest BCUT2D eigenvalue weighted by Crippen LogP contribution is -1.97. The lowest BCUT2D eigenvalue weighted by atomic mass is 10.2. The fourth-order valence-electron chi connectivity index (χ4n) is 0.905. The fourth-order valence-corrected chi connectivity index (χ4v) is 1.86. The van der Waals surface area contributed by atoms with Crippen molar-refractivity contribution >= 4 is 8.80 Å². The molecule has 0 bridgehead atoms. The number of hydrogen-bond acceptors (Lipinski definition) is 1. The average Bonchev–Trinajstić information content (AvgIpc) is 2.02. The van der Waals surface area contributed by atoms with Crippen LogP contribution in [-0.4, -0.2) is 14.3 Å².